The van der Waals surface area contributed by atoms with Crippen LogP contribution in [0.4, 0.5) is 4.39 Å². The van der Waals surface area contributed by atoms with E-state index in [0.29, 0.717) is 6.61 Å². The van der Waals surface area contributed by atoms with Crippen LogP contribution < -0.4 is 10.1 Å². The van der Waals surface area contributed by atoms with Crippen LogP contribution >= 0.6 is 11.8 Å². The second kappa shape index (κ2) is 9.30. The van der Waals surface area contributed by atoms with E-state index < -0.39 is 0 Å². The first-order valence-electron chi connectivity index (χ1n) is 8.34. The molecule has 6 nitrogen and oxygen atoms in total. The number of para-hydroxylation sites is 1. The highest BCUT2D eigenvalue weighted by Gasteiger charge is 2.07. The number of halogens is 1. The summed E-state index contributed by atoms with van der Waals surface area (Å²) in [5, 5.41) is 14.4. The van der Waals surface area contributed by atoms with Crippen LogP contribution in [0, 0.1) is 5.82 Å². The third kappa shape index (κ3) is 5.27. The average Bonchev–Trinajstić information content (AvgIpc) is 3.07. The molecule has 0 aliphatic heterocycles. The minimum atomic E-state index is -0.237. The molecular formula is C18H21FN5OS+. The van der Waals surface area contributed by atoms with Gasteiger partial charge in [-0.25, -0.2) is 9.07 Å². The van der Waals surface area contributed by atoms with Gasteiger partial charge in [0, 0.05) is 12.6 Å². The van der Waals surface area contributed by atoms with Gasteiger partial charge in [-0.05, 0) is 40.3 Å². The van der Waals surface area contributed by atoms with Crippen molar-refractivity contribution in [1.29, 1.82) is 0 Å². The van der Waals surface area contributed by atoms with Crippen LogP contribution in [0.1, 0.15) is 11.1 Å². The van der Waals surface area contributed by atoms with Crippen LogP contribution in [-0.2, 0) is 20.2 Å². The fourth-order valence-corrected chi connectivity index (χ4v) is 3.17. The molecule has 0 saturated carbocycles. The van der Waals surface area contributed by atoms with Crippen molar-refractivity contribution in [3.05, 3.63) is 65.5 Å². The zero-order valence-corrected chi connectivity index (χ0v) is 15.3. The number of hydrogen-bond acceptors (Lipinski definition) is 5. The highest BCUT2D eigenvalue weighted by molar-refractivity contribution is 7.99. The zero-order valence-electron chi connectivity index (χ0n) is 14.5. The molecule has 0 aliphatic rings. The number of aromatic nitrogens is 4. The summed E-state index contributed by atoms with van der Waals surface area (Å²) in [4.78, 5) is 0. The van der Waals surface area contributed by atoms with Crippen molar-refractivity contribution in [3.63, 3.8) is 0 Å². The zero-order chi connectivity index (χ0) is 18.2. The van der Waals surface area contributed by atoms with Gasteiger partial charge in [0.2, 0.25) is 5.16 Å². The number of thioether (sulfide) groups is 1. The van der Waals surface area contributed by atoms with Crippen molar-refractivity contribution in [2.75, 3.05) is 12.3 Å². The van der Waals surface area contributed by atoms with Crippen molar-refractivity contribution in [3.8, 4) is 5.75 Å². The quantitative estimate of drug-likeness (QED) is 0.457. The summed E-state index contributed by atoms with van der Waals surface area (Å²) in [5.41, 5.74) is 2.08. The smallest absolute Gasteiger partial charge is 0.209 e. The van der Waals surface area contributed by atoms with Crippen LogP contribution in [0.15, 0.2) is 53.7 Å². The molecule has 0 radical (unpaired) electrons. The average molecular weight is 374 g/mol. The van der Waals surface area contributed by atoms with Gasteiger partial charge in [0.05, 0.1) is 12.3 Å². The Hall–Kier alpha value is -2.45. The fraction of sp³-hybridized carbons (Fsp3) is 0.278. The third-order valence-electron chi connectivity index (χ3n) is 3.78. The van der Waals surface area contributed by atoms with E-state index in [9.17, 15) is 4.39 Å². The number of quaternary nitrogens is 1. The molecule has 3 aromatic rings. The molecule has 1 aromatic heterocycles. The van der Waals surface area contributed by atoms with Gasteiger partial charge in [-0.15, -0.1) is 5.10 Å². The van der Waals surface area contributed by atoms with E-state index >= 15 is 0 Å². The lowest BCUT2D eigenvalue weighted by Crippen LogP contribution is -2.83. The Kier molecular flexibility index (Phi) is 6.56. The minimum absolute atomic E-state index is 0.237. The predicted octanol–water partition coefficient (Wildman–Crippen LogP) is 1.78. The van der Waals surface area contributed by atoms with E-state index in [4.69, 9.17) is 4.74 Å². The van der Waals surface area contributed by atoms with E-state index in [0.717, 1.165) is 40.9 Å². The molecular weight excluding hydrogens is 353 g/mol. The first-order valence-corrected chi connectivity index (χ1v) is 9.33. The minimum Gasteiger partial charge on any atom is -0.488 e. The summed E-state index contributed by atoms with van der Waals surface area (Å²) in [7, 11) is 1.83. The Balaban J connectivity index is 1.46. The number of nitrogens with two attached hydrogens (primary N) is 1. The molecule has 3 rings (SSSR count). The molecule has 0 fully saturated rings. The predicted molar refractivity (Wildman–Crippen MR) is 97.2 cm³/mol. The van der Waals surface area contributed by atoms with E-state index in [2.05, 4.69) is 26.9 Å². The van der Waals surface area contributed by atoms with Crippen LogP contribution in [0.3, 0.4) is 0 Å². The topological polar surface area (TPSA) is 69.4 Å². The van der Waals surface area contributed by atoms with Crippen molar-refractivity contribution in [1.82, 2.24) is 20.2 Å². The second-order valence-electron chi connectivity index (χ2n) is 5.74. The summed E-state index contributed by atoms with van der Waals surface area (Å²) in [5.74, 6) is 1.55. The summed E-state index contributed by atoms with van der Waals surface area (Å²) < 4.78 is 20.6. The highest BCUT2D eigenvalue weighted by Crippen LogP contribution is 2.18. The second-order valence-corrected chi connectivity index (χ2v) is 6.80. The number of ether oxygens (including phenoxy) is 1. The van der Waals surface area contributed by atoms with Crippen molar-refractivity contribution < 1.29 is 14.4 Å². The standard InChI is InChI=1S/C18H20FN5OS/c1-24-18(21-22-23-24)26-11-10-20-12-15-4-2-3-5-17(15)25-13-14-6-8-16(19)9-7-14/h2-9,20H,10-13H2,1H3/p+1. The van der Waals surface area contributed by atoms with E-state index in [-0.39, 0.29) is 5.82 Å². The molecule has 0 spiro atoms. The number of hydrogen-bond donors (Lipinski definition) is 1. The Morgan fingerprint density at radius 2 is 1.96 bits per heavy atom. The Morgan fingerprint density at radius 3 is 2.73 bits per heavy atom. The van der Waals surface area contributed by atoms with Crippen LogP contribution in [-0.4, -0.2) is 32.5 Å². The number of tetrazole rings is 1. The molecule has 0 saturated heterocycles. The Labute approximate surface area is 155 Å². The molecule has 0 unspecified atom stereocenters. The lowest BCUT2D eigenvalue weighted by molar-refractivity contribution is -0.666. The maximum Gasteiger partial charge on any atom is 0.209 e. The maximum absolute atomic E-state index is 13.0. The fourth-order valence-electron chi connectivity index (χ4n) is 2.39. The normalized spacial score (nSPS) is 10.8. The van der Waals surface area contributed by atoms with Gasteiger partial charge in [-0.3, -0.25) is 0 Å². The van der Waals surface area contributed by atoms with Crippen molar-refractivity contribution in [2.45, 2.75) is 18.3 Å². The number of aryl methyl sites for hydroxylation is 1. The molecule has 0 atom stereocenters. The molecule has 2 N–H and O–H groups in total. The molecule has 0 aliphatic carbocycles. The molecule has 0 amide bonds. The van der Waals surface area contributed by atoms with Gasteiger partial charge in [0.25, 0.3) is 0 Å². The summed E-state index contributed by atoms with van der Waals surface area (Å²) in [6.07, 6.45) is 0. The molecule has 26 heavy (non-hydrogen) atoms. The van der Waals surface area contributed by atoms with Crippen molar-refractivity contribution in [2.24, 2.45) is 7.05 Å². The molecule has 136 valence electrons. The third-order valence-corrected chi connectivity index (χ3v) is 4.82. The Bertz CT molecular complexity index is 824. The van der Waals surface area contributed by atoms with E-state index in [1.54, 1.807) is 28.6 Å². The molecule has 1 heterocycles. The number of nitrogens with zero attached hydrogens (tertiary/aromatic N) is 4. The van der Waals surface area contributed by atoms with Gasteiger partial charge >= 0.3 is 0 Å². The number of benzene rings is 2. The molecule has 0 bridgehead atoms. The van der Waals surface area contributed by atoms with E-state index in [1.807, 2.05) is 25.2 Å². The van der Waals surface area contributed by atoms with E-state index in [1.165, 1.54) is 12.1 Å². The van der Waals surface area contributed by atoms with Crippen LogP contribution in [0.2, 0.25) is 0 Å². The van der Waals surface area contributed by atoms with Gasteiger partial charge in [-0.1, -0.05) is 36.0 Å². The number of rotatable bonds is 9. The maximum atomic E-state index is 13.0. The Morgan fingerprint density at radius 1 is 1.15 bits per heavy atom. The highest BCUT2D eigenvalue weighted by atomic mass is 32.2. The van der Waals surface area contributed by atoms with Gasteiger partial charge in [0.15, 0.2) is 0 Å². The molecule has 2 aromatic carbocycles. The lowest BCUT2D eigenvalue weighted by Gasteiger charge is -2.11. The summed E-state index contributed by atoms with van der Waals surface area (Å²) >= 11 is 1.64. The largest absolute Gasteiger partial charge is 0.488 e. The van der Waals surface area contributed by atoms with Gasteiger partial charge in [0.1, 0.15) is 24.7 Å². The first kappa shape index (κ1) is 18.3. The van der Waals surface area contributed by atoms with Crippen molar-refractivity contribution >= 4 is 11.8 Å². The van der Waals surface area contributed by atoms with Gasteiger partial charge < -0.3 is 10.1 Å². The van der Waals surface area contributed by atoms with Crippen LogP contribution in [0.5, 0.6) is 5.75 Å². The lowest BCUT2D eigenvalue weighted by atomic mass is 10.2. The monoisotopic (exact) mass is 374 g/mol. The van der Waals surface area contributed by atoms with Gasteiger partial charge in [-0.2, -0.15) is 0 Å². The van der Waals surface area contributed by atoms with Crippen LogP contribution in [0.25, 0.3) is 0 Å². The first-order chi connectivity index (χ1) is 12.7. The summed E-state index contributed by atoms with van der Waals surface area (Å²) in [6, 6.07) is 14.4. The summed E-state index contributed by atoms with van der Waals surface area (Å²) in [6.45, 7) is 2.20. The SMILES string of the molecule is Cn1nnnc1SCC[NH2+]Cc1ccccc1OCc1ccc(F)cc1. The molecule has 8 heteroatoms.